The maximum absolute atomic E-state index is 13.5. The van der Waals surface area contributed by atoms with E-state index in [1.807, 2.05) is 30.7 Å². The Morgan fingerprint density at radius 2 is 1.95 bits per heavy atom. The first-order valence-corrected chi connectivity index (χ1v) is 14.2. The molecule has 1 amide bonds. The summed E-state index contributed by atoms with van der Waals surface area (Å²) in [5, 5.41) is 10.6. The van der Waals surface area contributed by atoms with Crippen molar-refractivity contribution in [2.75, 3.05) is 40.3 Å². The maximum atomic E-state index is 13.5. The molecule has 0 unspecified atom stereocenters. The van der Waals surface area contributed by atoms with Gasteiger partial charge in [0.2, 0.25) is 0 Å². The molecule has 1 N–H and O–H groups in total. The summed E-state index contributed by atoms with van der Waals surface area (Å²) in [5.41, 5.74) is 1.35. The molecule has 0 spiro atoms. The number of fused-ring (bicyclic) bond motifs is 1. The van der Waals surface area contributed by atoms with Gasteiger partial charge in [-0.2, -0.15) is 18.4 Å². The molecule has 6 rings (SSSR count). The molecule has 6 heterocycles. The number of piperidine rings is 1. The third-order valence-corrected chi connectivity index (χ3v) is 8.43. The van der Waals surface area contributed by atoms with Gasteiger partial charge in [-0.05, 0) is 56.8 Å². The van der Waals surface area contributed by atoms with Crippen LogP contribution in [0.2, 0.25) is 0 Å². The first-order valence-electron chi connectivity index (χ1n) is 14.2. The van der Waals surface area contributed by atoms with E-state index < -0.39 is 17.8 Å². The molecule has 2 saturated heterocycles. The standard InChI is InChI=1S/C30H32F3N9O/c1-39(2)15-20-13-24(38-25(14-20)30(31,32)33)28(43)40-10-5-22(6-11-40)41-17-29(18-41,7-8-34)42-12-4-21(16-42)26-23-3-9-35-27(23)37-19-36-26/h3-4,9,12-14,16,19,22H,5-7,10-11,15,17-18H2,1-2H3,(H,35,36,37). The summed E-state index contributed by atoms with van der Waals surface area (Å²) < 4.78 is 42.7. The first kappa shape index (κ1) is 28.8. The smallest absolute Gasteiger partial charge is 0.346 e. The molecule has 13 heteroatoms. The second kappa shape index (κ2) is 11.1. The van der Waals surface area contributed by atoms with Gasteiger partial charge in [-0.1, -0.05) is 0 Å². The van der Waals surface area contributed by atoms with E-state index >= 15 is 0 Å². The predicted molar refractivity (Wildman–Crippen MR) is 153 cm³/mol. The second-order valence-corrected chi connectivity index (χ2v) is 11.7. The first-order chi connectivity index (χ1) is 20.6. The van der Waals surface area contributed by atoms with E-state index in [2.05, 4.69) is 35.5 Å². The number of nitrogens with one attached hydrogen (secondary N) is 1. The zero-order valence-corrected chi connectivity index (χ0v) is 24.0. The Balaban J connectivity index is 1.12. The van der Waals surface area contributed by atoms with E-state index in [4.69, 9.17) is 0 Å². The number of halogens is 3. The summed E-state index contributed by atoms with van der Waals surface area (Å²) in [5.74, 6) is -0.479. The maximum Gasteiger partial charge on any atom is 0.433 e. The number of carbonyl (C=O) groups is 1. The van der Waals surface area contributed by atoms with Gasteiger partial charge in [0.1, 0.15) is 23.4 Å². The average molecular weight is 592 g/mol. The molecule has 0 saturated carbocycles. The number of nitrogens with zero attached hydrogens (tertiary/aromatic N) is 8. The van der Waals surface area contributed by atoms with Gasteiger partial charge in [-0.15, -0.1) is 0 Å². The number of pyridine rings is 1. The van der Waals surface area contributed by atoms with Crippen LogP contribution in [0.3, 0.4) is 0 Å². The summed E-state index contributed by atoms with van der Waals surface area (Å²) in [4.78, 5) is 34.5. The molecule has 0 radical (unpaired) electrons. The molecule has 4 aromatic rings. The number of rotatable bonds is 7. The lowest BCUT2D eigenvalue weighted by atomic mass is 9.83. The van der Waals surface area contributed by atoms with Crippen LogP contribution in [0.5, 0.6) is 0 Å². The Morgan fingerprint density at radius 1 is 1.19 bits per heavy atom. The van der Waals surface area contributed by atoms with Crippen molar-refractivity contribution in [3.05, 3.63) is 66.1 Å². The third-order valence-electron chi connectivity index (χ3n) is 8.43. The van der Waals surface area contributed by atoms with Crippen molar-refractivity contribution in [1.82, 2.24) is 39.2 Å². The Morgan fingerprint density at radius 3 is 2.65 bits per heavy atom. The number of nitriles is 1. The van der Waals surface area contributed by atoms with Crippen molar-refractivity contribution >= 4 is 16.9 Å². The Bertz CT molecular complexity index is 1670. The van der Waals surface area contributed by atoms with Gasteiger partial charge < -0.3 is 19.4 Å². The van der Waals surface area contributed by atoms with E-state index in [0.29, 0.717) is 51.0 Å². The predicted octanol–water partition coefficient (Wildman–Crippen LogP) is 4.13. The van der Waals surface area contributed by atoms with Crippen LogP contribution >= 0.6 is 0 Å². The minimum atomic E-state index is -4.64. The zero-order chi connectivity index (χ0) is 30.4. The number of hydrogen-bond donors (Lipinski definition) is 1. The molecule has 2 aliphatic rings. The van der Waals surface area contributed by atoms with E-state index in [-0.39, 0.29) is 23.8 Å². The lowest BCUT2D eigenvalue weighted by molar-refractivity contribution is -0.141. The molecule has 2 fully saturated rings. The number of aromatic amines is 1. The molecular weight excluding hydrogens is 559 g/mol. The molecule has 10 nitrogen and oxygen atoms in total. The number of amides is 1. The minimum Gasteiger partial charge on any atom is -0.346 e. The number of alkyl halides is 3. The van der Waals surface area contributed by atoms with Crippen molar-refractivity contribution in [2.45, 2.75) is 43.6 Å². The normalized spacial score (nSPS) is 17.7. The zero-order valence-electron chi connectivity index (χ0n) is 24.0. The average Bonchev–Trinajstić information content (AvgIpc) is 3.64. The number of aromatic nitrogens is 5. The van der Waals surface area contributed by atoms with Gasteiger partial charge >= 0.3 is 6.18 Å². The van der Waals surface area contributed by atoms with Crippen LogP contribution in [0.25, 0.3) is 22.3 Å². The van der Waals surface area contributed by atoms with Crippen molar-refractivity contribution in [2.24, 2.45) is 0 Å². The summed E-state index contributed by atoms with van der Waals surface area (Å²) >= 11 is 0. The minimum absolute atomic E-state index is 0.175. The lowest BCUT2D eigenvalue weighted by Gasteiger charge is -2.54. The molecule has 0 atom stereocenters. The van der Waals surface area contributed by atoms with E-state index in [9.17, 15) is 23.2 Å². The number of hydrogen-bond acceptors (Lipinski definition) is 7. The lowest BCUT2D eigenvalue weighted by Crippen LogP contribution is -2.66. The van der Waals surface area contributed by atoms with Crippen LogP contribution in [0.4, 0.5) is 13.2 Å². The van der Waals surface area contributed by atoms with Gasteiger partial charge in [-0.25, -0.2) is 15.0 Å². The van der Waals surface area contributed by atoms with Crippen LogP contribution in [0.15, 0.2) is 49.2 Å². The van der Waals surface area contributed by atoms with Crippen LogP contribution in [0.1, 0.15) is 41.0 Å². The van der Waals surface area contributed by atoms with E-state index in [1.54, 1.807) is 23.9 Å². The molecule has 0 aromatic carbocycles. The molecule has 4 aromatic heterocycles. The van der Waals surface area contributed by atoms with Gasteiger partial charge in [0.15, 0.2) is 0 Å². The summed E-state index contributed by atoms with van der Waals surface area (Å²) in [6.07, 6.45) is 4.51. The SMILES string of the molecule is CN(C)Cc1cc(C(=O)N2CCC(N3CC(CC#N)(n4ccc(-c5ncnc6[nH]ccc56)c4)C3)CC2)nc(C(F)(F)F)c1. The largest absolute Gasteiger partial charge is 0.433 e. The Hall–Kier alpha value is -4.28. The highest BCUT2D eigenvalue weighted by Gasteiger charge is 2.47. The van der Waals surface area contributed by atoms with Crippen molar-refractivity contribution in [3.63, 3.8) is 0 Å². The molecule has 2 aliphatic heterocycles. The van der Waals surface area contributed by atoms with E-state index in [0.717, 1.165) is 28.4 Å². The quantitative estimate of drug-likeness (QED) is 0.344. The number of likely N-dealkylation sites (tertiary alicyclic amines) is 2. The van der Waals surface area contributed by atoms with Crippen LogP contribution in [-0.2, 0) is 18.3 Å². The monoisotopic (exact) mass is 591 g/mol. The Labute approximate surface area is 246 Å². The topological polar surface area (TPSA) is 110 Å². The second-order valence-electron chi connectivity index (χ2n) is 11.7. The fourth-order valence-corrected chi connectivity index (χ4v) is 6.31. The highest BCUT2D eigenvalue weighted by molar-refractivity contribution is 5.92. The van der Waals surface area contributed by atoms with E-state index in [1.165, 1.54) is 12.4 Å². The van der Waals surface area contributed by atoms with Crippen LogP contribution < -0.4 is 0 Å². The molecule has 0 aliphatic carbocycles. The van der Waals surface area contributed by atoms with Crippen molar-refractivity contribution in [3.8, 4) is 17.3 Å². The number of carbonyl (C=O) groups excluding carboxylic acids is 1. The van der Waals surface area contributed by atoms with Crippen molar-refractivity contribution < 1.29 is 18.0 Å². The molecule has 224 valence electrons. The Kier molecular flexibility index (Phi) is 7.43. The molecule has 43 heavy (non-hydrogen) atoms. The van der Waals surface area contributed by atoms with Crippen LogP contribution in [-0.4, -0.2) is 91.4 Å². The van der Waals surface area contributed by atoms with Gasteiger partial charge in [0.25, 0.3) is 5.91 Å². The molecule has 0 bridgehead atoms. The molecular formula is C30H32F3N9O. The fraction of sp³-hybridized carbons (Fsp3) is 0.433. The highest BCUT2D eigenvalue weighted by atomic mass is 19.4. The fourth-order valence-electron chi connectivity index (χ4n) is 6.31. The summed E-state index contributed by atoms with van der Waals surface area (Å²) in [6.45, 7) is 2.52. The van der Waals surface area contributed by atoms with Gasteiger partial charge in [-0.3, -0.25) is 9.69 Å². The highest BCUT2D eigenvalue weighted by Crippen LogP contribution is 2.38. The van der Waals surface area contributed by atoms with Gasteiger partial charge in [0, 0.05) is 68.3 Å². The summed E-state index contributed by atoms with van der Waals surface area (Å²) in [6, 6.07) is 8.99. The third kappa shape index (κ3) is 5.60. The van der Waals surface area contributed by atoms with Gasteiger partial charge in [0.05, 0.1) is 23.7 Å². The van der Waals surface area contributed by atoms with Crippen molar-refractivity contribution in [1.29, 1.82) is 5.26 Å². The summed E-state index contributed by atoms with van der Waals surface area (Å²) in [7, 11) is 3.52. The number of H-pyrrole nitrogens is 1. The van der Waals surface area contributed by atoms with Crippen LogP contribution in [0, 0.1) is 11.3 Å².